The zero-order valence-corrected chi connectivity index (χ0v) is 25.1. The molecule has 1 atom stereocenters. The number of hydrogen-bond acceptors (Lipinski definition) is 3. The van der Waals surface area contributed by atoms with Crippen LogP contribution >= 0.6 is 0 Å². The third-order valence-corrected chi connectivity index (χ3v) is 9.48. The zero-order valence-electron chi connectivity index (χ0n) is 25.1. The molecule has 4 aromatic rings. The monoisotopic (exact) mass is 560 g/mol. The third-order valence-electron chi connectivity index (χ3n) is 9.48. The molecule has 0 fully saturated rings. The van der Waals surface area contributed by atoms with E-state index in [4.69, 9.17) is 5.73 Å². The lowest BCUT2D eigenvalue weighted by Crippen LogP contribution is -2.43. The molecule has 3 aromatic carbocycles. The molecule has 0 unspecified atom stereocenters. The van der Waals surface area contributed by atoms with Gasteiger partial charge in [0.1, 0.15) is 0 Å². The molecule has 0 saturated carbocycles. The average Bonchev–Trinajstić information content (AvgIpc) is 3.23. The largest absolute Gasteiger partial charge is 0.351 e. The minimum absolute atomic E-state index is 0.00291. The molecule has 6 rings (SSSR count). The number of aromatic nitrogens is 1. The standard InChI is InChI=1S/C36H40N4O2/c1-23-18-28-12-8-9-13-30(28)22-39(23)35(41)33-20-31-21-38(16-14-27-10-6-5-7-11-27)17-15-29(31)19-32(33)34-25(3)24(2)26(4)40(34)36(37)42/h5-13,19-20,23H,14-18,21-22H2,1-4H3,(H2,37,42)/t23-/m1/s1. The van der Waals surface area contributed by atoms with E-state index >= 15 is 0 Å². The molecule has 2 amide bonds. The Labute approximate surface area is 248 Å². The fourth-order valence-electron chi connectivity index (χ4n) is 6.82. The highest BCUT2D eigenvalue weighted by Gasteiger charge is 2.32. The number of carbonyl (C=O) groups excluding carboxylic acids is 2. The van der Waals surface area contributed by atoms with Crippen LogP contribution in [0.5, 0.6) is 0 Å². The van der Waals surface area contributed by atoms with Crippen molar-refractivity contribution < 1.29 is 9.59 Å². The van der Waals surface area contributed by atoms with Crippen LogP contribution in [0.3, 0.4) is 0 Å². The predicted molar refractivity (Wildman–Crippen MR) is 168 cm³/mol. The summed E-state index contributed by atoms with van der Waals surface area (Å²) in [7, 11) is 0. The van der Waals surface area contributed by atoms with Gasteiger partial charge in [0.2, 0.25) is 0 Å². The molecule has 42 heavy (non-hydrogen) atoms. The molecule has 6 nitrogen and oxygen atoms in total. The van der Waals surface area contributed by atoms with E-state index in [9.17, 15) is 9.59 Å². The van der Waals surface area contributed by atoms with Crippen LogP contribution in [0.1, 0.15) is 61.9 Å². The van der Waals surface area contributed by atoms with Crippen LogP contribution in [-0.4, -0.2) is 45.4 Å². The van der Waals surface area contributed by atoms with Gasteiger partial charge in [0.15, 0.2) is 0 Å². The van der Waals surface area contributed by atoms with Crippen molar-refractivity contribution in [3.63, 3.8) is 0 Å². The van der Waals surface area contributed by atoms with E-state index in [0.717, 1.165) is 67.0 Å². The SMILES string of the molecule is Cc1c(C)c(-c2cc3c(cc2C(=O)N2Cc4ccccc4C[C@H]2C)CN(CCc2ccccc2)CC3)n(C(N)=O)c1C. The van der Waals surface area contributed by atoms with Gasteiger partial charge in [-0.15, -0.1) is 0 Å². The molecule has 1 aromatic heterocycles. The van der Waals surface area contributed by atoms with Gasteiger partial charge in [-0.1, -0.05) is 54.6 Å². The van der Waals surface area contributed by atoms with Crippen LogP contribution in [-0.2, 0) is 32.4 Å². The van der Waals surface area contributed by atoms with Crippen molar-refractivity contribution in [3.05, 3.63) is 117 Å². The minimum Gasteiger partial charge on any atom is -0.351 e. The Morgan fingerprint density at radius 3 is 2.31 bits per heavy atom. The van der Waals surface area contributed by atoms with Crippen molar-refractivity contribution >= 4 is 11.9 Å². The predicted octanol–water partition coefficient (Wildman–Crippen LogP) is 6.19. The first-order valence-corrected chi connectivity index (χ1v) is 15.0. The summed E-state index contributed by atoms with van der Waals surface area (Å²) in [5.74, 6) is 0.00291. The first kappa shape index (κ1) is 28.0. The van der Waals surface area contributed by atoms with E-state index < -0.39 is 6.03 Å². The van der Waals surface area contributed by atoms with Gasteiger partial charge < -0.3 is 10.6 Å². The van der Waals surface area contributed by atoms with Crippen LogP contribution in [0.15, 0.2) is 66.7 Å². The number of amides is 2. The summed E-state index contributed by atoms with van der Waals surface area (Å²) in [4.78, 5) is 31.8. The number of fused-ring (bicyclic) bond motifs is 2. The molecule has 2 aliphatic heterocycles. The zero-order chi connectivity index (χ0) is 29.5. The normalized spacial score (nSPS) is 16.7. The molecular formula is C36H40N4O2. The van der Waals surface area contributed by atoms with Gasteiger partial charge in [0, 0.05) is 49.0 Å². The first-order chi connectivity index (χ1) is 20.2. The lowest BCUT2D eigenvalue weighted by molar-refractivity contribution is 0.0658. The molecule has 0 bridgehead atoms. The summed E-state index contributed by atoms with van der Waals surface area (Å²) in [6.07, 6.45) is 2.71. The molecule has 216 valence electrons. The smallest absolute Gasteiger partial charge is 0.323 e. The van der Waals surface area contributed by atoms with Gasteiger partial charge in [0.05, 0.1) is 5.69 Å². The van der Waals surface area contributed by atoms with Crippen molar-refractivity contribution in [2.24, 2.45) is 5.73 Å². The van der Waals surface area contributed by atoms with Gasteiger partial charge in [-0.05, 0) is 98.0 Å². The molecule has 2 aliphatic rings. The second kappa shape index (κ2) is 11.3. The van der Waals surface area contributed by atoms with E-state index in [0.29, 0.717) is 12.1 Å². The highest BCUT2D eigenvalue weighted by Crippen LogP contribution is 2.37. The Balaban J connectivity index is 1.42. The highest BCUT2D eigenvalue weighted by atomic mass is 16.2. The number of hydrogen-bond donors (Lipinski definition) is 1. The molecule has 3 heterocycles. The van der Waals surface area contributed by atoms with Crippen molar-refractivity contribution in [2.45, 2.75) is 66.1 Å². The number of primary amides is 1. The molecular weight excluding hydrogens is 520 g/mol. The fourth-order valence-corrected chi connectivity index (χ4v) is 6.82. The van der Waals surface area contributed by atoms with E-state index in [1.165, 1.54) is 27.8 Å². The Kier molecular flexibility index (Phi) is 7.50. The second-order valence-electron chi connectivity index (χ2n) is 12.0. The number of nitrogens with two attached hydrogens (primary N) is 1. The van der Waals surface area contributed by atoms with Crippen molar-refractivity contribution in [3.8, 4) is 11.3 Å². The van der Waals surface area contributed by atoms with Gasteiger partial charge in [-0.2, -0.15) is 0 Å². The van der Waals surface area contributed by atoms with Crippen LogP contribution in [0.2, 0.25) is 0 Å². The lowest BCUT2D eigenvalue weighted by Gasteiger charge is -2.36. The van der Waals surface area contributed by atoms with Crippen LogP contribution < -0.4 is 5.73 Å². The summed E-state index contributed by atoms with van der Waals surface area (Å²) in [5.41, 5.74) is 17.2. The second-order valence-corrected chi connectivity index (χ2v) is 12.0. The molecule has 0 radical (unpaired) electrons. The Hall–Kier alpha value is -4.16. The number of nitrogens with zero attached hydrogens (tertiary/aromatic N) is 3. The third kappa shape index (κ3) is 5.05. The molecule has 0 aliphatic carbocycles. The number of carbonyl (C=O) groups is 2. The van der Waals surface area contributed by atoms with Crippen molar-refractivity contribution in [2.75, 3.05) is 13.1 Å². The molecule has 6 heteroatoms. The maximum Gasteiger partial charge on any atom is 0.323 e. The van der Waals surface area contributed by atoms with Crippen molar-refractivity contribution in [1.29, 1.82) is 0 Å². The average molecular weight is 561 g/mol. The number of rotatable bonds is 5. The Morgan fingerprint density at radius 1 is 0.857 bits per heavy atom. The van der Waals surface area contributed by atoms with Gasteiger partial charge in [0.25, 0.3) is 5.91 Å². The summed E-state index contributed by atoms with van der Waals surface area (Å²) in [6, 6.07) is 22.8. The maximum absolute atomic E-state index is 14.6. The lowest BCUT2D eigenvalue weighted by atomic mass is 9.89. The fraction of sp³-hybridized carbons (Fsp3) is 0.333. The van der Waals surface area contributed by atoms with Gasteiger partial charge in [-0.25, -0.2) is 4.79 Å². The Morgan fingerprint density at radius 2 is 1.57 bits per heavy atom. The van der Waals surface area contributed by atoms with Gasteiger partial charge >= 0.3 is 6.03 Å². The van der Waals surface area contributed by atoms with E-state index in [1.807, 2.05) is 31.7 Å². The molecule has 0 saturated heterocycles. The summed E-state index contributed by atoms with van der Waals surface area (Å²) < 4.78 is 1.59. The first-order valence-electron chi connectivity index (χ1n) is 15.0. The van der Waals surface area contributed by atoms with Gasteiger partial charge in [-0.3, -0.25) is 14.3 Å². The van der Waals surface area contributed by atoms with E-state index in [-0.39, 0.29) is 11.9 Å². The van der Waals surface area contributed by atoms with Crippen molar-refractivity contribution in [1.82, 2.24) is 14.4 Å². The highest BCUT2D eigenvalue weighted by molar-refractivity contribution is 6.03. The van der Waals surface area contributed by atoms with E-state index in [2.05, 4.69) is 72.5 Å². The van der Waals surface area contributed by atoms with Crippen LogP contribution in [0.4, 0.5) is 4.79 Å². The maximum atomic E-state index is 14.6. The summed E-state index contributed by atoms with van der Waals surface area (Å²) >= 11 is 0. The summed E-state index contributed by atoms with van der Waals surface area (Å²) in [6.45, 7) is 11.4. The molecule has 2 N–H and O–H groups in total. The molecule has 0 spiro atoms. The van der Waals surface area contributed by atoms with Crippen LogP contribution in [0, 0.1) is 20.8 Å². The quantitative estimate of drug-likeness (QED) is 0.316. The minimum atomic E-state index is -0.526. The Bertz CT molecular complexity index is 1670. The summed E-state index contributed by atoms with van der Waals surface area (Å²) in [5, 5.41) is 0. The topological polar surface area (TPSA) is 71.6 Å². The van der Waals surface area contributed by atoms with E-state index in [1.54, 1.807) is 4.57 Å². The number of benzene rings is 3. The van der Waals surface area contributed by atoms with Crippen LogP contribution in [0.25, 0.3) is 11.3 Å².